The summed E-state index contributed by atoms with van der Waals surface area (Å²) in [7, 11) is 1.68. The molecule has 0 radical (unpaired) electrons. The number of hydrogen-bond acceptors (Lipinski definition) is 4. The van der Waals surface area contributed by atoms with Crippen molar-refractivity contribution < 1.29 is 9.66 Å². The molecule has 0 spiro atoms. The van der Waals surface area contributed by atoms with Gasteiger partial charge in [-0.1, -0.05) is 30.4 Å². The predicted molar refractivity (Wildman–Crippen MR) is 97.2 cm³/mol. The van der Waals surface area contributed by atoms with Crippen molar-refractivity contribution >= 4 is 11.4 Å². The smallest absolute Gasteiger partial charge is 0.274 e. The summed E-state index contributed by atoms with van der Waals surface area (Å²) in [5.41, 5.74) is 3.98. The van der Waals surface area contributed by atoms with E-state index < -0.39 is 0 Å². The summed E-state index contributed by atoms with van der Waals surface area (Å²) >= 11 is 0. The second kappa shape index (κ2) is 5.92. The SMILES string of the molecule is COc1ccccc1C1Nc2c(ccc([N+](=O)[O-])c2C)C2C=CCC21. The number of para-hydroxylation sites is 1. The van der Waals surface area contributed by atoms with Crippen LogP contribution in [0.25, 0.3) is 0 Å². The van der Waals surface area contributed by atoms with Crippen LogP contribution >= 0.6 is 0 Å². The lowest BCUT2D eigenvalue weighted by molar-refractivity contribution is -0.385. The van der Waals surface area contributed by atoms with E-state index in [0.29, 0.717) is 11.5 Å². The van der Waals surface area contributed by atoms with Crippen molar-refractivity contribution in [1.82, 2.24) is 0 Å². The summed E-state index contributed by atoms with van der Waals surface area (Å²) in [4.78, 5) is 11.0. The van der Waals surface area contributed by atoms with Gasteiger partial charge in [-0.05, 0) is 37.0 Å². The second-order valence-electron chi connectivity index (χ2n) is 6.65. The van der Waals surface area contributed by atoms with Crippen LogP contribution in [0.1, 0.15) is 35.1 Å². The van der Waals surface area contributed by atoms with Gasteiger partial charge in [0, 0.05) is 23.2 Å². The minimum Gasteiger partial charge on any atom is -0.496 e. The normalized spacial score (nSPS) is 23.5. The van der Waals surface area contributed by atoms with Crippen LogP contribution < -0.4 is 10.1 Å². The average molecular weight is 336 g/mol. The van der Waals surface area contributed by atoms with Gasteiger partial charge in [-0.25, -0.2) is 0 Å². The molecule has 1 aliphatic carbocycles. The van der Waals surface area contributed by atoms with Gasteiger partial charge < -0.3 is 10.1 Å². The molecular weight excluding hydrogens is 316 g/mol. The summed E-state index contributed by atoms with van der Waals surface area (Å²) in [6.45, 7) is 1.82. The van der Waals surface area contributed by atoms with Gasteiger partial charge in [0.05, 0.1) is 23.6 Å². The molecule has 3 unspecified atom stereocenters. The molecule has 1 aliphatic heterocycles. The third kappa shape index (κ3) is 2.38. The lowest BCUT2D eigenvalue weighted by atomic mass is 9.76. The fourth-order valence-corrected chi connectivity index (χ4v) is 4.23. The topological polar surface area (TPSA) is 64.4 Å². The maximum absolute atomic E-state index is 11.3. The van der Waals surface area contributed by atoms with Crippen molar-refractivity contribution in [3.05, 3.63) is 75.4 Å². The molecule has 1 heterocycles. The van der Waals surface area contributed by atoms with Crippen LogP contribution in [0, 0.1) is 23.0 Å². The number of nitrogens with zero attached hydrogens (tertiary/aromatic N) is 1. The first-order chi connectivity index (χ1) is 12.1. The highest BCUT2D eigenvalue weighted by molar-refractivity contribution is 5.69. The molecule has 2 aromatic rings. The highest BCUT2D eigenvalue weighted by Gasteiger charge is 2.40. The molecule has 128 valence electrons. The minimum absolute atomic E-state index is 0.0596. The van der Waals surface area contributed by atoms with Crippen LogP contribution in [0.15, 0.2) is 48.6 Å². The van der Waals surface area contributed by atoms with Gasteiger partial charge in [0.1, 0.15) is 5.75 Å². The molecule has 0 fully saturated rings. The molecule has 3 atom stereocenters. The molecule has 0 aromatic heterocycles. The quantitative estimate of drug-likeness (QED) is 0.499. The average Bonchev–Trinajstić information content (AvgIpc) is 3.11. The Morgan fingerprint density at radius 3 is 2.76 bits per heavy atom. The number of allylic oxidation sites excluding steroid dienone is 2. The number of rotatable bonds is 3. The zero-order chi connectivity index (χ0) is 17.6. The molecule has 5 heteroatoms. The Kier molecular flexibility index (Phi) is 3.71. The van der Waals surface area contributed by atoms with E-state index in [4.69, 9.17) is 4.74 Å². The minimum atomic E-state index is -0.314. The van der Waals surface area contributed by atoms with Crippen LogP contribution in [-0.4, -0.2) is 12.0 Å². The van der Waals surface area contributed by atoms with Crippen LogP contribution in [0.2, 0.25) is 0 Å². The number of ether oxygens (including phenoxy) is 1. The van der Waals surface area contributed by atoms with Crippen LogP contribution in [-0.2, 0) is 0 Å². The second-order valence-corrected chi connectivity index (χ2v) is 6.65. The lowest BCUT2D eigenvalue weighted by Crippen LogP contribution is -2.30. The van der Waals surface area contributed by atoms with Crippen molar-refractivity contribution in [2.45, 2.75) is 25.3 Å². The van der Waals surface area contributed by atoms with Crippen LogP contribution in [0.4, 0.5) is 11.4 Å². The number of anilines is 1. The van der Waals surface area contributed by atoms with Gasteiger partial charge in [0.15, 0.2) is 0 Å². The van der Waals surface area contributed by atoms with E-state index in [1.54, 1.807) is 13.2 Å². The number of hydrogen-bond donors (Lipinski definition) is 1. The van der Waals surface area contributed by atoms with Gasteiger partial charge >= 0.3 is 0 Å². The summed E-state index contributed by atoms with van der Waals surface area (Å²) in [6.07, 6.45) is 5.43. The molecule has 0 saturated heterocycles. The number of benzene rings is 2. The van der Waals surface area contributed by atoms with Crippen molar-refractivity contribution in [2.75, 3.05) is 12.4 Å². The first-order valence-electron chi connectivity index (χ1n) is 8.46. The van der Waals surface area contributed by atoms with Crippen LogP contribution in [0.5, 0.6) is 5.75 Å². The van der Waals surface area contributed by atoms with E-state index in [-0.39, 0.29) is 22.6 Å². The van der Waals surface area contributed by atoms with E-state index in [1.165, 1.54) is 0 Å². The molecule has 0 bridgehead atoms. The van der Waals surface area contributed by atoms with E-state index >= 15 is 0 Å². The molecule has 0 saturated carbocycles. The Morgan fingerprint density at radius 2 is 2.00 bits per heavy atom. The highest BCUT2D eigenvalue weighted by Crippen LogP contribution is 2.52. The summed E-state index contributed by atoms with van der Waals surface area (Å²) in [6, 6.07) is 11.6. The Labute approximate surface area is 146 Å². The maximum atomic E-state index is 11.3. The highest BCUT2D eigenvalue weighted by atomic mass is 16.6. The zero-order valence-corrected chi connectivity index (χ0v) is 14.2. The third-order valence-electron chi connectivity index (χ3n) is 5.44. The molecule has 2 aliphatic rings. The fourth-order valence-electron chi connectivity index (χ4n) is 4.23. The Morgan fingerprint density at radius 1 is 1.20 bits per heavy atom. The van der Waals surface area contributed by atoms with Gasteiger partial charge in [0.2, 0.25) is 0 Å². The van der Waals surface area contributed by atoms with Gasteiger partial charge in [0.25, 0.3) is 5.69 Å². The number of nitro benzene ring substituents is 1. The number of methoxy groups -OCH3 is 1. The first-order valence-corrected chi connectivity index (χ1v) is 8.46. The summed E-state index contributed by atoms with van der Waals surface area (Å²) in [5, 5.41) is 14.9. The Hall–Kier alpha value is -2.82. The lowest BCUT2D eigenvalue weighted by Gasteiger charge is -2.38. The largest absolute Gasteiger partial charge is 0.496 e. The van der Waals surface area contributed by atoms with E-state index in [1.807, 2.05) is 31.2 Å². The standard InChI is InChI=1S/C20H20N2O3/c1-12-17(22(23)24)11-10-15-13-7-5-8-14(13)20(21-19(12)15)16-6-3-4-9-18(16)25-2/h3-7,9-11,13-14,20-21H,8H2,1-2H3. The van der Waals surface area contributed by atoms with Crippen molar-refractivity contribution in [2.24, 2.45) is 5.92 Å². The number of nitrogens with one attached hydrogen (secondary N) is 1. The number of fused-ring (bicyclic) bond motifs is 3. The summed E-state index contributed by atoms with van der Waals surface area (Å²) < 4.78 is 5.56. The Bertz CT molecular complexity index is 875. The Balaban J connectivity index is 1.86. The van der Waals surface area contributed by atoms with Crippen LogP contribution in [0.3, 0.4) is 0 Å². The van der Waals surface area contributed by atoms with Gasteiger partial charge in [-0.2, -0.15) is 0 Å². The monoisotopic (exact) mass is 336 g/mol. The molecule has 1 N–H and O–H groups in total. The zero-order valence-electron chi connectivity index (χ0n) is 14.2. The van der Waals surface area contributed by atoms with Gasteiger partial charge in [-0.15, -0.1) is 0 Å². The first kappa shape index (κ1) is 15.7. The molecule has 0 amide bonds. The predicted octanol–water partition coefficient (Wildman–Crippen LogP) is 4.74. The van der Waals surface area contributed by atoms with Gasteiger partial charge in [-0.3, -0.25) is 10.1 Å². The molecule has 5 nitrogen and oxygen atoms in total. The summed E-state index contributed by atoms with van der Waals surface area (Å²) in [5.74, 6) is 1.49. The molecule has 25 heavy (non-hydrogen) atoms. The van der Waals surface area contributed by atoms with E-state index in [2.05, 4.69) is 23.5 Å². The number of nitro groups is 1. The third-order valence-corrected chi connectivity index (χ3v) is 5.44. The molecule has 2 aromatic carbocycles. The van der Waals surface area contributed by atoms with Crippen molar-refractivity contribution in [1.29, 1.82) is 0 Å². The van der Waals surface area contributed by atoms with E-state index in [0.717, 1.165) is 29.0 Å². The maximum Gasteiger partial charge on any atom is 0.274 e. The molecular formula is C20H20N2O3. The van der Waals surface area contributed by atoms with Crippen molar-refractivity contribution in [3.63, 3.8) is 0 Å². The fraction of sp³-hybridized carbons (Fsp3) is 0.300. The van der Waals surface area contributed by atoms with Crippen molar-refractivity contribution in [3.8, 4) is 5.75 Å². The molecule has 4 rings (SSSR count). The van der Waals surface area contributed by atoms with E-state index in [9.17, 15) is 10.1 Å².